The first-order chi connectivity index (χ1) is 7.04. The van der Waals surface area contributed by atoms with Gasteiger partial charge in [0.1, 0.15) is 4.88 Å². The van der Waals surface area contributed by atoms with Crippen molar-refractivity contribution in [2.45, 2.75) is 13.5 Å². The number of ether oxygens (including phenoxy) is 1. The Morgan fingerprint density at radius 1 is 1.60 bits per heavy atom. The van der Waals surface area contributed by atoms with Crippen LogP contribution in [0.4, 0.5) is 5.00 Å². The third-order valence-electron chi connectivity index (χ3n) is 1.60. The summed E-state index contributed by atoms with van der Waals surface area (Å²) in [6, 6.07) is 1.61. The maximum absolute atomic E-state index is 10.8. The summed E-state index contributed by atoms with van der Waals surface area (Å²) in [5.41, 5.74) is 0.568. The molecule has 0 unspecified atom stereocenters. The molecule has 5 nitrogen and oxygen atoms in total. The van der Waals surface area contributed by atoms with Crippen molar-refractivity contribution in [3.8, 4) is 0 Å². The molecule has 15 heavy (non-hydrogen) atoms. The molecule has 1 amide bonds. The number of carbonyl (C=O) groups excluding carboxylic acids is 1. The van der Waals surface area contributed by atoms with E-state index in [0.29, 0.717) is 10.6 Å². The van der Waals surface area contributed by atoms with E-state index < -0.39 is 5.97 Å². The van der Waals surface area contributed by atoms with Crippen molar-refractivity contribution in [2.24, 2.45) is 0 Å². The number of hydrogen-bond acceptors (Lipinski definition) is 4. The normalized spacial score (nSPS) is 10.0. The largest absolute Gasteiger partial charge is 0.477 e. The van der Waals surface area contributed by atoms with Crippen LogP contribution in [-0.2, 0) is 16.1 Å². The highest BCUT2D eigenvalue weighted by Crippen LogP contribution is 2.27. The minimum absolute atomic E-state index is 0.195. The van der Waals surface area contributed by atoms with Crippen molar-refractivity contribution in [3.63, 3.8) is 0 Å². The van der Waals surface area contributed by atoms with Crippen LogP contribution in [0.2, 0.25) is 0 Å². The third kappa shape index (κ3) is 3.03. The number of rotatable bonds is 4. The number of carboxylic acids is 1. The van der Waals surface area contributed by atoms with Crippen LogP contribution in [0.3, 0.4) is 0 Å². The van der Waals surface area contributed by atoms with Gasteiger partial charge in [-0.25, -0.2) is 4.79 Å². The number of amides is 1. The van der Waals surface area contributed by atoms with E-state index in [4.69, 9.17) is 9.84 Å². The summed E-state index contributed by atoms with van der Waals surface area (Å²) < 4.78 is 4.87. The van der Waals surface area contributed by atoms with Gasteiger partial charge in [0.15, 0.2) is 0 Å². The number of thiophene rings is 1. The molecule has 0 fully saturated rings. The van der Waals surface area contributed by atoms with E-state index in [2.05, 4.69) is 5.32 Å². The number of aromatic carboxylic acids is 1. The summed E-state index contributed by atoms with van der Waals surface area (Å²) in [6.07, 6.45) is 0. The lowest BCUT2D eigenvalue weighted by atomic mass is 10.2. The predicted octanol–water partition coefficient (Wildman–Crippen LogP) is 1.55. The van der Waals surface area contributed by atoms with E-state index in [0.717, 1.165) is 11.3 Å². The molecule has 0 atom stereocenters. The average Bonchev–Trinajstić information content (AvgIpc) is 2.47. The van der Waals surface area contributed by atoms with Gasteiger partial charge in [-0.15, -0.1) is 11.3 Å². The molecule has 1 aromatic rings. The zero-order valence-electron chi connectivity index (χ0n) is 8.36. The van der Waals surface area contributed by atoms with E-state index >= 15 is 0 Å². The molecule has 0 spiro atoms. The van der Waals surface area contributed by atoms with Crippen LogP contribution in [0.25, 0.3) is 0 Å². The van der Waals surface area contributed by atoms with Gasteiger partial charge in [0.25, 0.3) is 0 Å². The topological polar surface area (TPSA) is 75.6 Å². The van der Waals surface area contributed by atoms with E-state index in [1.807, 2.05) is 0 Å². The van der Waals surface area contributed by atoms with Crippen molar-refractivity contribution < 1.29 is 19.4 Å². The number of nitrogens with one attached hydrogen (secondary N) is 1. The van der Waals surface area contributed by atoms with Crippen LogP contribution in [0.5, 0.6) is 0 Å². The molecule has 0 aromatic carbocycles. The molecule has 6 heteroatoms. The van der Waals surface area contributed by atoms with E-state index in [-0.39, 0.29) is 17.4 Å². The van der Waals surface area contributed by atoms with Gasteiger partial charge in [0.2, 0.25) is 5.91 Å². The molecule has 1 heterocycles. The van der Waals surface area contributed by atoms with Crippen molar-refractivity contribution in [2.75, 3.05) is 12.4 Å². The van der Waals surface area contributed by atoms with E-state index in [1.165, 1.54) is 14.0 Å². The highest BCUT2D eigenvalue weighted by Gasteiger charge is 2.15. The van der Waals surface area contributed by atoms with Crippen molar-refractivity contribution in [1.82, 2.24) is 0 Å². The van der Waals surface area contributed by atoms with Gasteiger partial charge in [-0.1, -0.05) is 0 Å². The Morgan fingerprint density at radius 3 is 2.73 bits per heavy atom. The number of carbonyl (C=O) groups is 2. The summed E-state index contributed by atoms with van der Waals surface area (Å²) in [7, 11) is 1.49. The number of carboxylic acid groups (broad SMARTS) is 1. The zero-order chi connectivity index (χ0) is 11.4. The second-order valence-corrected chi connectivity index (χ2v) is 3.94. The molecular formula is C9H11NO4S. The number of anilines is 1. The molecule has 0 saturated carbocycles. The Hall–Kier alpha value is -1.40. The van der Waals surface area contributed by atoms with Gasteiger partial charge in [-0.05, 0) is 6.07 Å². The highest BCUT2D eigenvalue weighted by atomic mass is 32.1. The highest BCUT2D eigenvalue weighted by molar-refractivity contribution is 7.18. The fourth-order valence-electron chi connectivity index (χ4n) is 1.11. The Balaban J connectivity index is 2.97. The molecule has 0 aliphatic carbocycles. The first-order valence-corrected chi connectivity index (χ1v) is 4.98. The second kappa shape index (κ2) is 4.90. The molecule has 0 bridgehead atoms. The van der Waals surface area contributed by atoms with Crippen LogP contribution in [0.15, 0.2) is 6.07 Å². The first kappa shape index (κ1) is 11.7. The van der Waals surface area contributed by atoms with Crippen molar-refractivity contribution in [1.29, 1.82) is 0 Å². The van der Waals surface area contributed by atoms with Gasteiger partial charge in [-0.3, -0.25) is 4.79 Å². The van der Waals surface area contributed by atoms with E-state index in [9.17, 15) is 9.59 Å². The quantitative estimate of drug-likeness (QED) is 0.821. The second-order valence-electron chi connectivity index (χ2n) is 2.88. The monoisotopic (exact) mass is 229 g/mol. The predicted molar refractivity (Wildman–Crippen MR) is 56.3 cm³/mol. The van der Waals surface area contributed by atoms with Gasteiger partial charge >= 0.3 is 5.97 Å². The van der Waals surface area contributed by atoms with Crippen molar-refractivity contribution >= 4 is 28.2 Å². The number of methoxy groups -OCH3 is 1. The van der Waals surface area contributed by atoms with Gasteiger partial charge in [0.05, 0.1) is 11.6 Å². The molecule has 1 rings (SSSR count). The summed E-state index contributed by atoms with van der Waals surface area (Å²) >= 11 is 1.02. The van der Waals surface area contributed by atoms with Crippen LogP contribution >= 0.6 is 11.3 Å². The minimum Gasteiger partial charge on any atom is -0.477 e. The van der Waals surface area contributed by atoms with Gasteiger partial charge < -0.3 is 15.2 Å². The molecule has 0 aliphatic rings. The Bertz CT molecular complexity index is 385. The van der Waals surface area contributed by atoms with E-state index in [1.54, 1.807) is 6.07 Å². The maximum Gasteiger partial charge on any atom is 0.346 e. The third-order valence-corrected chi connectivity index (χ3v) is 2.68. The Labute approximate surface area is 90.7 Å². The minimum atomic E-state index is -1.01. The summed E-state index contributed by atoms with van der Waals surface area (Å²) in [5, 5.41) is 11.9. The molecule has 0 radical (unpaired) electrons. The molecule has 0 saturated heterocycles. The maximum atomic E-state index is 10.8. The van der Waals surface area contributed by atoms with Gasteiger partial charge in [0, 0.05) is 19.6 Å². The fourth-order valence-corrected chi connectivity index (χ4v) is 2.06. The SMILES string of the molecule is COCc1cc(NC(C)=O)sc1C(=O)O. The van der Waals surface area contributed by atoms with Crippen LogP contribution in [-0.4, -0.2) is 24.1 Å². The lowest BCUT2D eigenvalue weighted by Gasteiger charge is -1.95. The Kier molecular flexibility index (Phi) is 3.81. The molecule has 2 N–H and O–H groups in total. The van der Waals surface area contributed by atoms with Crippen LogP contribution in [0.1, 0.15) is 22.2 Å². The van der Waals surface area contributed by atoms with Gasteiger partial charge in [-0.2, -0.15) is 0 Å². The summed E-state index contributed by atoms with van der Waals surface area (Å²) in [4.78, 5) is 21.8. The lowest BCUT2D eigenvalue weighted by molar-refractivity contribution is -0.114. The van der Waals surface area contributed by atoms with Crippen molar-refractivity contribution in [3.05, 3.63) is 16.5 Å². The average molecular weight is 229 g/mol. The molecular weight excluding hydrogens is 218 g/mol. The van der Waals surface area contributed by atoms with Crippen LogP contribution in [0, 0.1) is 0 Å². The molecule has 82 valence electrons. The lowest BCUT2D eigenvalue weighted by Crippen LogP contribution is -2.03. The summed E-state index contributed by atoms with van der Waals surface area (Å²) in [5.74, 6) is -1.24. The fraction of sp³-hybridized carbons (Fsp3) is 0.333. The molecule has 1 aromatic heterocycles. The molecule has 0 aliphatic heterocycles. The first-order valence-electron chi connectivity index (χ1n) is 4.17. The smallest absolute Gasteiger partial charge is 0.346 e. The number of hydrogen-bond donors (Lipinski definition) is 2. The Morgan fingerprint density at radius 2 is 2.27 bits per heavy atom. The van der Waals surface area contributed by atoms with Crippen LogP contribution < -0.4 is 5.32 Å². The summed E-state index contributed by atoms with van der Waals surface area (Å²) in [6.45, 7) is 1.59. The zero-order valence-corrected chi connectivity index (χ0v) is 9.18. The standard InChI is InChI=1S/C9H11NO4S/c1-5(11)10-7-3-6(4-14-2)8(15-7)9(12)13/h3H,4H2,1-2H3,(H,10,11)(H,12,13).